The van der Waals surface area contributed by atoms with Gasteiger partial charge in [-0.3, -0.25) is 0 Å². The minimum absolute atomic E-state index is 0.140. The molecule has 2 aromatic heterocycles. The lowest BCUT2D eigenvalue weighted by molar-refractivity contribution is 0.0454. The number of aromatic amines is 1. The molecule has 0 aliphatic carbocycles. The van der Waals surface area contributed by atoms with Crippen LogP contribution >= 0.6 is 0 Å². The number of rotatable bonds is 3. The first-order chi connectivity index (χ1) is 13.1. The van der Waals surface area contributed by atoms with Crippen LogP contribution in [0.5, 0.6) is 0 Å². The molecule has 1 aromatic carbocycles. The zero-order chi connectivity index (χ0) is 18.8. The highest BCUT2D eigenvalue weighted by atomic mass is 32.1. The number of halogens is 1. The van der Waals surface area contributed by atoms with Crippen LogP contribution in [0.1, 0.15) is 24.8 Å². The summed E-state index contributed by atoms with van der Waals surface area (Å²) in [5, 5.41) is 0. The highest BCUT2D eigenvalue weighted by Crippen LogP contribution is 2.33. The molecule has 1 aliphatic rings. The minimum atomic E-state index is -0.345. The zero-order valence-electron chi connectivity index (χ0n) is 14.2. The summed E-state index contributed by atoms with van der Waals surface area (Å²) in [5.41, 5.74) is 8.25. The average Bonchev–Trinajstić information content (AvgIpc) is 3.14. The number of ether oxygens (including phenoxy) is 1. The number of benzene rings is 1. The van der Waals surface area contributed by atoms with Crippen molar-refractivity contribution in [3.8, 4) is 22.6 Å². The van der Waals surface area contributed by atoms with Gasteiger partial charge in [0.2, 0.25) is 5.95 Å². The molecule has 4 rings (SSSR count). The number of anilines is 1. The normalized spacial score (nSPS) is 17.1. The lowest BCUT2D eigenvalue weighted by atomic mass is 10.1. The Morgan fingerprint density at radius 3 is 2.78 bits per heavy atom. The molecule has 0 spiro atoms. The third kappa shape index (κ3) is 3.64. The smallest absolute Gasteiger partial charge is 0.220 e. The van der Waals surface area contributed by atoms with Crippen molar-refractivity contribution < 1.29 is 13.3 Å². The topological polar surface area (TPSA) is 107 Å². The second-order valence-electron chi connectivity index (χ2n) is 6.09. The highest BCUT2D eigenvalue weighted by molar-refractivity contribution is 7.66. The van der Waals surface area contributed by atoms with Gasteiger partial charge in [-0.2, -0.15) is 0 Å². The maximum atomic E-state index is 13.3. The Bertz CT molecular complexity index is 1030. The van der Waals surface area contributed by atoms with E-state index in [1.807, 2.05) is 0 Å². The zero-order valence-corrected chi connectivity index (χ0v) is 15.0. The van der Waals surface area contributed by atoms with Gasteiger partial charge in [0.1, 0.15) is 17.7 Å². The second-order valence-corrected chi connectivity index (χ2v) is 6.83. The first-order valence-corrected chi connectivity index (χ1v) is 9.09. The van der Waals surface area contributed by atoms with E-state index in [1.165, 1.54) is 12.1 Å². The van der Waals surface area contributed by atoms with Gasteiger partial charge in [-0.15, -0.1) is 0 Å². The molecule has 3 aromatic rings. The number of nitrogens with zero attached hydrogens (tertiary/aromatic N) is 3. The molecule has 1 saturated heterocycles. The Labute approximate surface area is 157 Å². The fourth-order valence-corrected chi connectivity index (χ4v) is 3.38. The largest absolute Gasteiger partial charge is 0.370 e. The van der Waals surface area contributed by atoms with E-state index in [1.54, 1.807) is 24.4 Å². The monoisotopic (exact) mass is 385 g/mol. The fourth-order valence-electron chi connectivity index (χ4n) is 2.99. The SMILES string of the molecule is Nc1nccc(-c2[nH]c(C3CC(=S=O)CCO3)nc2-c2ccc(F)cc2)n1. The summed E-state index contributed by atoms with van der Waals surface area (Å²) in [7, 11) is 0. The number of nitrogen functional groups attached to an aromatic ring is 1. The van der Waals surface area contributed by atoms with Crippen molar-refractivity contribution in [2.75, 3.05) is 12.3 Å². The van der Waals surface area contributed by atoms with E-state index in [4.69, 9.17) is 10.5 Å². The molecule has 1 atom stereocenters. The van der Waals surface area contributed by atoms with E-state index >= 15 is 0 Å². The van der Waals surface area contributed by atoms with Crippen LogP contribution in [0.3, 0.4) is 0 Å². The molecule has 0 bridgehead atoms. The Morgan fingerprint density at radius 2 is 2.04 bits per heavy atom. The summed E-state index contributed by atoms with van der Waals surface area (Å²) in [4.78, 5) is 16.9. The van der Waals surface area contributed by atoms with Crippen molar-refractivity contribution in [2.45, 2.75) is 18.9 Å². The first kappa shape index (κ1) is 17.5. The summed E-state index contributed by atoms with van der Waals surface area (Å²) in [6.45, 7) is 0.470. The number of nitrogens with one attached hydrogen (secondary N) is 1. The van der Waals surface area contributed by atoms with Crippen LogP contribution in [0.25, 0.3) is 22.6 Å². The van der Waals surface area contributed by atoms with Crippen molar-refractivity contribution in [3.05, 3.63) is 48.2 Å². The second kappa shape index (κ2) is 7.37. The van der Waals surface area contributed by atoms with Gasteiger partial charge in [-0.1, -0.05) is 0 Å². The molecule has 0 amide bonds. The van der Waals surface area contributed by atoms with E-state index < -0.39 is 0 Å². The number of nitrogens with two attached hydrogens (primary N) is 1. The molecule has 1 unspecified atom stereocenters. The maximum absolute atomic E-state index is 13.3. The number of aromatic nitrogens is 4. The van der Waals surface area contributed by atoms with Gasteiger partial charge in [0.05, 0.1) is 34.9 Å². The molecule has 138 valence electrons. The maximum Gasteiger partial charge on any atom is 0.220 e. The predicted octanol–water partition coefficient (Wildman–Crippen LogP) is 2.49. The van der Waals surface area contributed by atoms with Gasteiger partial charge < -0.3 is 15.5 Å². The van der Waals surface area contributed by atoms with Gasteiger partial charge >= 0.3 is 0 Å². The Hall–Kier alpha value is -2.91. The quantitative estimate of drug-likeness (QED) is 0.671. The summed E-state index contributed by atoms with van der Waals surface area (Å²) in [6, 6.07) is 7.76. The number of hydrogen-bond donors (Lipinski definition) is 2. The van der Waals surface area contributed by atoms with Crippen LogP contribution in [-0.2, 0) is 16.0 Å². The summed E-state index contributed by atoms with van der Waals surface area (Å²) in [5.74, 6) is 0.401. The van der Waals surface area contributed by atoms with Gasteiger partial charge in [0.25, 0.3) is 0 Å². The van der Waals surface area contributed by atoms with Crippen molar-refractivity contribution in [1.29, 1.82) is 0 Å². The number of hydrogen-bond acceptors (Lipinski definition) is 6. The predicted molar refractivity (Wildman–Crippen MR) is 100 cm³/mol. The van der Waals surface area contributed by atoms with Gasteiger partial charge in [0, 0.05) is 29.5 Å². The van der Waals surface area contributed by atoms with Crippen LogP contribution in [0, 0.1) is 5.82 Å². The highest BCUT2D eigenvalue weighted by Gasteiger charge is 2.26. The van der Waals surface area contributed by atoms with E-state index in [0.29, 0.717) is 53.6 Å². The molecular weight excluding hydrogens is 369 g/mol. The van der Waals surface area contributed by atoms with Gasteiger partial charge in [0.15, 0.2) is 0 Å². The average molecular weight is 385 g/mol. The van der Waals surface area contributed by atoms with E-state index in [0.717, 1.165) is 10.4 Å². The molecule has 1 aliphatic heterocycles. The Balaban J connectivity index is 1.82. The van der Waals surface area contributed by atoms with E-state index in [9.17, 15) is 8.60 Å². The Kier molecular flexibility index (Phi) is 4.78. The van der Waals surface area contributed by atoms with E-state index in [-0.39, 0.29) is 17.9 Å². The summed E-state index contributed by atoms with van der Waals surface area (Å²) in [6.07, 6.45) is 2.35. The van der Waals surface area contributed by atoms with Crippen LogP contribution < -0.4 is 5.73 Å². The third-order valence-corrected chi connectivity index (χ3v) is 4.91. The molecule has 9 heteroatoms. The molecular formula is C18H16FN5O2S. The number of imidazole rings is 1. The third-order valence-electron chi connectivity index (χ3n) is 4.31. The van der Waals surface area contributed by atoms with Gasteiger partial charge in [-0.05, 0) is 30.3 Å². The van der Waals surface area contributed by atoms with E-state index in [2.05, 4.69) is 19.9 Å². The van der Waals surface area contributed by atoms with Gasteiger partial charge in [-0.25, -0.2) is 23.6 Å². The van der Waals surface area contributed by atoms with Crippen molar-refractivity contribution >= 4 is 22.1 Å². The molecule has 1 fully saturated rings. The molecule has 3 N–H and O–H groups in total. The van der Waals surface area contributed by atoms with Crippen LogP contribution in [-0.4, -0.2) is 35.6 Å². The number of H-pyrrole nitrogens is 1. The molecule has 3 heterocycles. The lowest BCUT2D eigenvalue weighted by Crippen LogP contribution is -2.20. The summed E-state index contributed by atoms with van der Waals surface area (Å²) >= 11 is 0.518. The van der Waals surface area contributed by atoms with Crippen LogP contribution in [0.4, 0.5) is 10.3 Å². The molecule has 0 saturated carbocycles. The lowest BCUT2D eigenvalue weighted by Gasteiger charge is -2.21. The van der Waals surface area contributed by atoms with Crippen LogP contribution in [0.15, 0.2) is 36.5 Å². The van der Waals surface area contributed by atoms with Crippen LogP contribution in [0.2, 0.25) is 0 Å². The minimum Gasteiger partial charge on any atom is -0.370 e. The summed E-state index contributed by atoms with van der Waals surface area (Å²) < 4.78 is 30.3. The molecule has 27 heavy (non-hydrogen) atoms. The van der Waals surface area contributed by atoms with Crippen molar-refractivity contribution in [3.63, 3.8) is 0 Å². The standard InChI is InChI=1S/C18H16FN5O2S/c19-11-3-1-10(2-4-11)15-16(13-5-7-21-18(20)22-13)24-17(23-15)14-9-12(27-25)6-8-26-14/h1-5,7,14H,6,8-9H2,(H,23,24)(H2,20,21,22). The first-order valence-electron chi connectivity index (χ1n) is 8.35. The Morgan fingerprint density at radius 1 is 1.22 bits per heavy atom. The molecule has 7 nitrogen and oxygen atoms in total. The fraction of sp³-hybridized carbons (Fsp3) is 0.222. The van der Waals surface area contributed by atoms with Crippen molar-refractivity contribution in [1.82, 2.24) is 19.9 Å². The van der Waals surface area contributed by atoms with Crippen molar-refractivity contribution in [2.24, 2.45) is 0 Å². The molecule has 0 radical (unpaired) electrons.